The number of nitrogens with one attached hydrogen (secondary N) is 1. The second-order valence-electron chi connectivity index (χ2n) is 7.41. The molecule has 5 nitrogen and oxygen atoms in total. The molecule has 3 atom stereocenters. The van der Waals surface area contributed by atoms with Crippen molar-refractivity contribution in [1.82, 2.24) is 0 Å². The Morgan fingerprint density at radius 3 is 2.82 bits per heavy atom. The monoisotopic (exact) mass is 372 g/mol. The number of nitrogens with zero attached hydrogens (tertiary/aromatic N) is 1. The van der Waals surface area contributed by atoms with Crippen molar-refractivity contribution in [2.45, 2.75) is 18.4 Å². The van der Waals surface area contributed by atoms with E-state index in [2.05, 4.69) is 41.7 Å². The molecular formula is C23H20N2O3. The van der Waals surface area contributed by atoms with E-state index >= 15 is 0 Å². The van der Waals surface area contributed by atoms with E-state index in [9.17, 15) is 10.1 Å². The highest BCUT2D eigenvalue weighted by atomic mass is 16.6. The van der Waals surface area contributed by atoms with Gasteiger partial charge in [-0.1, -0.05) is 54.6 Å². The van der Waals surface area contributed by atoms with E-state index in [1.54, 1.807) is 12.1 Å². The first-order chi connectivity index (χ1) is 13.7. The Balaban J connectivity index is 1.66. The Morgan fingerprint density at radius 2 is 2.00 bits per heavy atom. The molecule has 5 heteroatoms. The van der Waals surface area contributed by atoms with E-state index < -0.39 is 0 Å². The second-order valence-corrected chi connectivity index (χ2v) is 7.41. The standard InChI is InChI=1S/C23H20N2O3/c1-28-21-12-10-15(13-20(21)25(26)27)22-18-8-4-7-17(18)19-11-9-14-5-2-3-6-16(14)23(19)24-22/h2-7,9-13,17-18,22,24H,8H2,1H3/t17-,18-,22-/m0/s1. The van der Waals surface area contributed by atoms with Crippen LogP contribution in [0.3, 0.4) is 0 Å². The summed E-state index contributed by atoms with van der Waals surface area (Å²) in [6.45, 7) is 0. The van der Waals surface area contributed by atoms with Crippen LogP contribution in [-0.2, 0) is 0 Å². The van der Waals surface area contributed by atoms with Crippen molar-refractivity contribution >= 4 is 22.1 Å². The number of hydrogen-bond acceptors (Lipinski definition) is 4. The minimum absolute atomic E-state index is 0.00270. The van der Waals surface area contributed by atoms with Crippen LogP contribution >= 0.6 is 0 Å². The topological polar surface area (TPSA) is 64.4 Å². The maximum Gasteiger partial charge on any atom is 0.311 e. The molecule has 28 heavy (non-hydrogen) atoms. The van der Waals surface area contributed by atoms with Gasteiger partial charge in [-0.3, -0.25) is 10.1 Å². The van der Waals surface area contributed by atoms with Crippen molar-refractivity contribution in [3.05, 3.63) is 88.0 Å². The van der Waals surface area contributed by atoms with Gasteiger partial charge in [-0.2, -0.15) is 0 Å². The largest absolute Gasteiger partial charge is 0.490 e. The number of nitro groups is 1. The fraction of sp³-hybridized carbons (Fsp3) is 0.217. The van der Waals surface area contributed by atoms with Gasteiger partial charge in [-0.25, -0.2) is 0 Å². The number of rotatable bonds is 3. The van der Waals surface area contributed by atoms with Crippen LogP contribution in [0.1, 0.15) is 29.5 Å². The van der Waals surface area contributed by atoms with Crippen LogP contribution in [0, 0.1) is 16.0 Å². The van der Waals surface area contributed by atoms with Gasteiger partial charge in [0.1, 0.15) is 0 Å². The van der Waals surface area contributed by atoms with E-state index in [1.807, 2.05) is 18.2 Å². The van der Waals surface area contributed by atoms with Gasteiger partial charge in [-0.15, -0.1) is 0 Å². The van der Waals surface area contributed by atoms with Crippen molar-refractivity contribution in [3.63, 3.8) is 0 Å². The highest BCUT2D eigenvalue weighted by Crippen LogP contribution is 2.52. The summed E-state index contributed by atoms with van der Waals surface area (Å²) in [5.74, 6) is 0.935. The summed E-state index contributed by atoms with van der Waals surface area (Å²) in [6, 6.07) is 18.0. The molecule has 0 bridgehead atoms. The molecule has 0 amide bonds. The van der Waals surface area contributed by atoms with Crippen LogP contribution in [0.15, 0.2) is 66.7 Å². The predicted molar refractivity (Wildman–Crippen MR) is 110 cm³/mol. The molecule has 2 aliphatic rings. The van der Waals surface area contributed by atoms with E-state index in [-0.39, 0.29) is 22.4 Å². The summed E-state index contributed by atoms with van der Waals surface area (Å²) in [7, 11) is 1.46. The SMILES string of the molecule is COc1ccc([C@@H]2Nc3c(ccc4ccccc34)[C@H]3C=CC[C@@H]32)cc1[N+](=O)[O-]. The zero-order chi connectivity index (χ0) is 19.3. The van der Waals surface area contributed by atoms with Crippen molar-refractivity contribution in [3.8, 4) is 5.75 Å². The maximum absolute atomic E-state index is 11.5. The van der Waals surface area contributed by atoms with Gasteiger partial charge >= 0.3 is 5.69 Å². The van der Waals surface area contributed by atoms with Crippen molar-refractivity contribution < 1.29 is 9.66 Å². The first-order valence-corrected chi connectivity index (χ1v) is 9.44. The van der Waals surface area contributed by atoms with E-state index in [0.717, 1.165) is 17.7 Å². The zero-order valence-electron chi connectivity index (χ0n) is 15.5. The lowest BCUT2D eigenvalue weighted by atomic mass is 9.76. The lowest BCUT2D eigenvalue weighted by Gasteiger charge is -2.38. The number of allylic oxidation sites excluding steroid dienone is 2. The molecule has 0 aromatic heterocycles. The molecule has 1 aliphatic carbocycles. The average molecular weight is 372 g/mol. The van der Waals surface area contributed by atoms with Gasteiger partial charge in [0.15, 0.2) is 5.75 Å². The lowest BCUT2D eigenvalue weighted by molar-refractivity contribution is -0.385. The molecule has 1 aliphatic heterocycles. The van der Waals surface area contributed by atoms with Gasteiger partial charge < -0.3 is 10.1 Å². The van der Waals surface area contributed by atoms with E-state index in [4.69, 9.17) is 4.74 Å². The second kappa shape index (κ2) is 6.37. The van der Waals surface area contributed by atoms with Crippen molar-refractivity contribution in [1.29, 1.82) is 0 Å². The Labute approximate surface area is 162 Å². The van der Waals surface area contributed by atoms with Crippen LogP contribution in [0.25, 0.3) is 10.8 Å². The van der Waals surface area contributed by atoms with Crippen LogP contribution < -0.4 is 10.1 Å². The van der Waals surface area contributed by atoms with Gasteiger partial charge in [0.05, 0.1) is 18.1 Å². The number of hydrogen-bond donors (Lipinski definition) is 1. The molecule has 3 aromatic rings. The minimum atomic E-state index is -0.376. The lowest BCUT2D eigenvalue weighted by Crippen LogP contribution is -2.29. The summed E-state index contributed by atoms with van der Waals surface area (Å²) < 4.78 is 5.18. The van der Waals surface area contributed by atoms with Crippen LogP contribution in [-0.4, -0.2) is 12.0 Å². The Hall–Kier alpha value is -3.34. The molecule has 3 aromatic carbocycles. The third-order valence-electron chi connectivity index (χ3n) is 6.02. The highest BCUT2D eigenvalue weighted by Gasteiger charge is 2.39. The predicted octanol–water partition coefficient (Wildman–Crippen LogP) is 5.58. The number of methoxy groups -OCH3 is 1. The summed E-state index contributed by atoms with van der Waals surface area (Å²) in [5.41, 5.74) is 3.36. The number of nitro benzene ring substituents is 1. The molecule has 0 radical (unpaired) electrons. The molecule has 0 unspecified atom stereocenters. The molecule has 5 rings (SSSR count). The number of ether oxygens (including phenoxy) is 1. The Bertz CT molecular complexity index is 1120. The molecule has 0 saturated carbocycles. The van der Waals surface area contributed by atoms with Crippen LogP contribution in [0.5, 0.6) is 5.75 Å². The molecule has 1 N–H and O–H groups in total. The minimum Gasteiger partial charge on any atom is -0.490 e. The fourth-order valence-electron chi connectivity index (χ4n) is 4.71. The third kappa shape index (κ3) is 2.47. The summed E-state index contributed by atoms with van der Waals surface area (Å²) in [5, 5.41) is 17.6. The molecule has 0 saturated heterocycles. The quantitative estimate of drug-likeness (QED) is 0.370. The molecule has 0 fully saturated rings. The van der Waals surface area contributed by atoms with Crippen LogP contribution in [0.4, 0.5) is 11.4 Å². The molecule has 140 valence electrons. The Kier molecular flexibility index (Phi) is 3.83. The van der Waals surface area contributed by atoms with Gasteiger partial charge in [0.2, 0.25) is 0 Å². The van der Waals surface area contributed by atoms with E-state index in [1.165, 1.54) is 23.4 Å². The molecule has 0 spiro atoms. The third-order valence-corrected chi connectivity index (χ3v) is 6.02. The smallest absolute Gasteiger partial charge is 0.311 e. The summed E-state index contributed by atoms with van der Waals surface area (Å²) >= 11 is 0. The normalized spacial score (nSPS) is 22.4. The molecular weight excluding hydrogens is 352 g/mol. The van der Waals surface area contributed by atoms with Crippen molar-refractivity contribution in [2.24, 2.45) is 5.92 Å². The van der Waals surface area contributed by atoms with Crippen molar-refractivity contribution in [2.75, 3.05) is 12.4 Å². The van der Waals surface area contributed by atoms with Crippen LogP contribution in [0.2, 0.25) is 0 Å². The maximum atomic E-state index is 11.5. The first kappa shape index (κ1) is 16.8. The molecule has 1 heterocycles. The number of fused-ring (bicyclic) bond motifs is 5. The zero-order valence-corrected chi connectivity index (χ0v) is 15.5. The first-order valence-electron chi connectivity index (χ1n) is 9.44. The summed E-state index contributed by atoms with van der Waals surface area (Å²) in [4.78, 5) is 11.1. The summed E-state index contributed by atoms with van der Waals surface area (Å²) in [6.07, 6.45) is 5.46. The fourth-order valence-corrected chi connectivity index (χ4v) is 4.71. The highest BCUT2D eigenvalue weighted by molar-refractivity contribution is 5.96. The Morgan fingerprint density at radius 1 is 1.14 bits per heavy atom. The van der Waals surface area contributed by atoms with E-state index in [0.29, 0.717) is 11.8 Å². The number of benzene rings is 3. The average Bonchev–Trinajstić information content (AvgIpc) is 3.22. The number of anilines is 1. The van der Waals surface area contributed by atoms with Gasteiger partial charge in [-0.05, 0) is 34.9 Å². The van der Waals surface area contributed by atoms with Gasteiger partial charge in [0.25, 0.3) is 0 Å². The van der Waals surface area contributed by atoms with Gasteiger partial charge in [0, 0.05) is 23.1 Å².